The SMILES string of the molecule is C\C=C/C(=C\C)C(/C=C(/Cl)CC(F)F)=C(\N/C=C/C)c1c(F)cccc1F. The minimum atomic E-state index is -2.64. The molecule has 0 aromatic heterocycles. The zero-order valence-corrected chi connectivity index (χ0v) is 16.1. The van der Waals surface area contributed by atoms with Gasteiger partial charge in [-0.15, -0.1) is 0 Å². The van der Waals surface area contributed by atoms with Crippen LogP contribution in [0.4, 0.5) is 17.6 Å². The Balaban J connectivity index is 3.85. The summed E-state index contributed by atoms with van der Waals surface area (Å²) in [5.74, 6) is -1.57. The van der Waals surface area contributed by atoms with E-state index in [4.69, 9.17) is 11.6 Å². The van der Waals surface area contributed by atoms with Crippen molar-refractivity contribution >= 4 is 17.3 Å². The van der Waals surface area contributed by atoms with Gasteiger partial charge in [0.25, 0.3) is 0 Å². The predicted molar refractivity (Wildman–Crippen MR) is 104 cm³/mol. The van der Waals surface area contributed by atoms with Gasteiger partial charge in [0.15, 0.2) is 0 Å². The summed E-state index contributed by atoms with van der Waals surface area (Å²) in [5.41, 5.74) is 0.650. The molecule has 1 nitrogen and oxygen atoms in total. The quantitative estimate of drug-likeness (QED) is 0.363. The Hall–Kier alpha value is -2.27. The first-order valence-electron chi connectivity index (χ1n) is 8.35. The second kappa shape index (κ2) is 11.4. The van der Waals surface area contributed by atoms with Crippen LogP contribution in [0.15, 0.2) is 71.0 Å². The predicted octanol–water partition coefficient (Wildman–Crippen LogP) is 7.10. The molecule has 0 spiro atoms. The van der Waals surface area contributed by atoms with Crippen LogP contribution in [0.25, 0.3) is 5.70 Å². The van der Waals surface area contributed by atoms with E-state index >= 15 is 0 Å². The molecule has 1 aromatic carbocycles. The molecule has 0 bridgehead atoms. The number of nitrogens with one attached hydrogen (secondary N) is 1. The fraction of sp³-hybridized carbons (Fsp3) is 0.238. The fourth-order valence-corrected chi connectivity index (χ4v) is 2.60. The van der Waals surface area contributed by atoms with E-state index in [2.05, 4.69) is 5.32 Å². The van der Waals surface area contributed by atoms with Crippen LogP contribution in [0, 0.1) is 11.6 Å². The number of halogens is 5. The first kappa shape index (κ1) is 22.8. The molecule has 1 rings (SSSR count). The van der Waals surface area contributed by atoms with E-state index < -0.39 is 24.5 Å². The molecule has 0 unspecified atom stereocenters. The number of hydrogen-bond donors (Lipinski definition) is 1. The highest BCUT2D eigenvalue weighted by molar-refractivity contribution is 6.29. The summed E-state index contributed by atoms with van der Waals surface area (Å²) in [6, 6.07) is 3.51. The second-order valence-electron chi connectivity index (χ2n) is 5.46. The molecule has 1 N–H and O–H groups in total. The molecule has 0 atom stereocenters. The highest BCUT2D eigenvalue weighted by atomic mass is 35.5. The van der Waals surface area contributed by atoms with Gasteiger partial charge in [0.1, 0.15) is 11.6 Å². The highest BCUT2D eigenvalue weighted by Gasteiger charge is 2.18. The van der Waals surface area contributed by atoms with E-state index in [1.807, 2.05) is 0 Å². The van der Waals surface area contributed by atoms with Gasteiger partial charge < -0.3 is 5.32 Å². The lowest BCUT2D eigenvalue weighted by Crippen LogP contribution is -2.11. The van der Waals surface area contributed by atoms with Gasteiger partial charge in [-0.1, -0.05) is 42.0 Å². The first-order chi connectivity index (χ1) is 12.8. The van der Waals surface area contributed by atoms with E-state index in [9.17, 15) is 17.6 Å². The molecular weight excluding hydrogens is 378 g/mol. The Labute approximate surface area is 162 Å². The minimum absolute atomic E-state index is 0.0855. The third kappa shape index (κ3) is 6.75. The largest absolute Gasteiger partial charge is 0.361 e. The van der Waals surface area contributed by atoms with Gasteiger partial charge in [-0.25, -0.2) is 17.6 Å². The molecule has 0 fully saturated rings. The standard InChI is InChI=1S/C21H22ClF4N/c1-4-8-14(6-3)16(12-15(22)13-19(25)26)21(27-11-5-2)20-17(23)9-7-10-18(20)24/h4-12,19,27H,13H2,1-3H3/b8-4-,11-5+,14-6+,15-12+,21-16-. The van der Waals surface area contributed by atoms with Gasteiger partial charge in [-0.3, -0.25) is 0 Å². The summed E-state index contributed by atoms with van der Waals surface area (Å²) in [6.45, 7) is 5.23. The van der Waals surface area contributed by atoms with Crippen LogP contribution >= 0.6 is 11.6 Å². The maximum absolute atomic E-state index is 14.4. The molecule has 0 saturated carbocycles. The molecule has 27 heavy (non-hydrogen) atoms. The molecule has 6 heteroatoms. The maximum atomic E-state index is 14.4. The van der Waals surface area contributed by atoms with Crippen LogP contribution in [-0.4, -0.2) is 6.43 Å². The Morgan fingerprint density at radius 2 is 1.74 bits per heavy atom. The highest BCUT2D eigenvalue weighted by Crippen LogP contribution is 2.30. The molecule has 0 saturated heterocycles. The van der Waals surface area contributed by atoms with Crippen molar-refractivity contribution in [2.45, 2.75) is 33.6 Å². The number of allylic oxidation sites excluding steroid dienone is 8. The molecule has 0 aliphatic heterocycles. The normalized spacial score (nSPS) is 14.4. The van der Waals surface area contributed by atoms with Crippen LogP contribution in [0.1, 0.15) is 32.8 Å². The van der Waals surface area contributed by atoms with Crippen molar-refractivity contribution in [2.24, 2.45) is 0 Å². The molecule has 146 valence electrons. The summed E-state index contributed by atoms with van der Waals surface area (Å²) in [5, 5.41) is 2.73. The van der Waals surface area contributed by atoms with Crippen LogP contribution in [0.3, 0.4) is 0 Å². The Bertz CT molecular complexity index is 769. The van der Waals surface area contributed by atoms with E-state index in [-0.39, 0.29) is 16.3 Å². The monoisotopic (exact) mass is 399 g/mol. The fourth-order valence-electron chi connectivity index (χ4n) is 2.37. The third-order valence-corrected chi connectivity index (χ3v) is 3.76. The Morgan fingerprint density at radius 3 is 2.22 bits per heavy atom. The smallest absolute Gasteiger partial charge is 0.243 e. The van der Waals surface area contributed by atoms with Crippen LogP contribution in [0.5, 0.6) is 0 Å². The van der Waals surface area contributed by atoms with Crippen molar-refractivity contribution in [3.8, 4) is 0 Å². The first-order valence-corrected chi connectivity index (χ1v) is 8.73. The topological polar surface area (TPSA) is 12.0 Å². The van der Waals surface area contributed by atoms with Crippen molar-refractivity contribution in [3.05, 3.63) is 88.2 Å². The lowest BCUT2D eigenvalue weighted by Gasteiger charge is -2.17. The summed E-state index contributed by atoms with van der Waals surface area (Å²) >= 11 is 5.98. The van der Waals surface area contributed by atoms with Gasteiger partial charge in [0.05, 0.1) is 11.3 Å². The summed E-state index contributed by atoms with van der Waals surface area (Å²) in [4.78, 5) is 0. The maximum Gasteiger partial charge on any atom is 0.243 e. The van der Waals surface area contributed by atoms with Crippen LogP contribution < -0.4 is 5.32 Å². The number of alkyl halides is 2. The molecular formula is C21H22ClF4N. The third-order valence-electron chi connectivity index (χ3n) is 3.49. The molecule has 0 amide bonds. The van der Waals surface area contributed by atoms with Crippen molar-refractivity contribution in [2.75, 3.05) is 0 Å². The number of hydrogen-bond acceptors (Lipinski definition) is 1. The lowest BCUT2D eigenvalue weighted by atomic mass is 9.97. The Morgan fingerprint density at radius 1 is 1.11 bits per heavy atom. The zero-order valence-electron chi connectivity index (χ0n) is 15.4. The molecule has 1 aromatic rings. The van der Waals surface area contributed by atoms with Gasteiger partial charge in [-0.05, 0) is 50.8 Å². The van der Waals surface area contributed by atoms with Gasteiger partial charge in [0, 0.05) is 17.0 Å². The number of rotatable bonds is 8. The van der Waals surface area contributed by atoms with Crippen molar-refractivity contribution in [1.29, 1.82) is 0 Å². The van der Waals surface area contributed by atoms with Crippen molar-refractivity contribution in [3.63, 3.8) is 0 Å². The second-order valence-corrected chi connectivity index (χ2v) is 5.95. The zero-order chi connectivity index (χ0) is 20.4. The van der Waals surface area contributed by atoms with E-state index in [0.29, 0.717) is 11.1 Å². The van der Waals surface area contributed by atoms with E-state index in [1.54, 1.807) is 45.1 Å². The molecule has 0 heterocycles. The van der Waals surface area contributed by atoms with Gasteiger partial charge in [0.2, 0.25) is 6.43 Å². The van der Waals surface area contributed by atoms with Crippen molar-refractivity contribution in [1.82, 2.24) is 5.32 Å². The molecule has 0 aliphatic carbocycles. The van der Waals surface area contributed by atoms with E-state index in [1.165, 1.54) is 18.3 Å². The van der Waals surface area contributed by atoms with Gasteiger partial charge in [-0.2, -0.15) is 0 Å². The minimum Gasteiger partial charge on any atom is -0.361 e. The van der Waals surface area contributed by atoms with Crippen LogP contribution in [-0.2, 0) is 0 Å². The summed E-state index contributed by atoms with van der Waals surface area (Å²) < 4.78 is 54.3. The summed E-state index contributed by atoms with van der Waals surface area (Å²) in [6.07, 6.45) is 6.29. The van der Waals surface area contributed by atoms with Crippen molar-refractivity contribution < 1.29 is 17.6 Å². The summed E-state index contributed by atoms with van der Waals surface area (Å²) in [7, 11) is 0. The Kier molecular flexibility index (Phi) is 9.65. The number of benzene rings is 1. The molecule has 0 radical (unpaired) electrons. The lowest BCUT2D eigenvalue weighted by molar-refractivity contribution is 0.151. The van der Waals surface area contributed by atoms with Gasteiger partial charge >= 0.3 is 0 Å². The average molecular weight is 400 g/mol. The average Bonchev–Trinajstić information content (AvgIpc) is 2.60. The molecule has 0 aliphatic rings. The van der Waals surface area contributed by atoms with Crippen LogP contribution in [0.2, 0.25) is 0 Å². The van der Waals surface area contributed by atoms with E-state index in [0.717, 1.165) is 12.1 Å².